The molecule has 2 rings (SSSR count). The van der Waals surface area contributed by atoms with Gasteiger partial charge in [-0.15, -0.1) is 12.6 Å². The molecule has 0 aliphatic rings. The summed E-state index contributed by atoms with van der Waals surface area (Å²) in [6, 6.07) is 14.5. The van der Waals surface area contributed by atoms with Gasteiger partial charge >= 0.3 is 0 Å². The van der Waals surface area contributed by atoms with Crippen molar-refractivity contribution in [1.29, 1.82) is 0 Å². The third kappa shape index (κ3) is 2.82. The molecule has 16 heavy (non-hydrogen) atoms. The minimum atomic E-state index is 0.255. The van der Waals surface area contributed by atoms with Gasteiger partial charge in [-0.25, -0.2) is 0 Å². The van der Waals surface area contributed by atoms with Crippen molar-refractivity contribution >= 4 is 12.6 Å². The van der Waals surface area contributed by atoms with Crippen LogP contribution in [0.15, 0.2) is 53.4 Å². The van der Waals surface area contributed by atoms with E-state index in [4.69, 9.17) is 5.11 Å². The Labute approximate surface area is 100 Å². The maximum absolute atomic E-state index is 9.12. The van der Waals surface area contributed by atoms with Crippen LogP contribution < -0.4 is 0 Å². The van der Waals surface area contributed by atoms with E-state index in [2.05, 4.69) is 24.5 Å². The number of hydrogen-bond donors (Lipinski definition) is 2. The van der Waals surface area contributed by atoms with Crippen LogP contribution in [0.25, 0.3) is 0 Å². The molecule has 0 spiro atoms. The van der Waals surface area contributed by atoms with Gasteiger partial charge in [0.2, 0.25) is 0 Å². The summed E-state index contributed by atoms with van der Waals surface area (Å²) >= 11 is 4.21. The van der Waals surface area contributed by atoms with Gasteiger partial charge in [-0.05, 0) is 48.5 Å². The van der Waals surface area contributed by atoms with Gasteiger partial charge in [0.1, 0.15) is 5.75 Å². The van der Waals surface area contributed by atoms with Gasteiger partial charge in [0.05, 0.1) is 0 Å². The molecule has 2 aromatic rings. The van der Waals surface area contributed by atoms with E-state index >= 15 is 0 Å². The van der Waals surface area contributed by atoms with E-state index in [0.717, 1.165) is 16.0 Å². The Morgan fingerprint density at radius 1 is 0.750 bits per heavy atom. The van der Waals surface area contributed by atoms with Crippen molar-refractivity contribution in [3.8, 4) is 17.6 Å². The highest BCUT2D eigenvalue weighted by Crippen LogP contribution is 2.09. The molecule has 1 nitrogen and oxygen atoms in total. The smallest absolute Gasteiger partial charge is 0.115 e. The van der Waals surface area contributed by atoms with E-state index in [1.165, 1.54) is 0 Å². The first kappa shape index (κ1) is 10.7. The van der Waals surface area contributed by atoms with E-state index in [0.29, 0.717) is 0 Å². The maximum Gasteiger partial charge on any atom is 0.115 e. The summed E-state index contributed by atoms with van der Waals surface area (Å²) < 4.78 is 0. The molecule has 0 saturated heterocycles. The van der Waals surface area contributed by atoms with Gasteiger partial charge in [-0.2, -0.15) is 0 Å². The van der Waals surface area contributed by atoms with Crippen molar-refractivity contribution in [2.75, 3.05) is 0 Å². The Bertz CT molecular complexity index is 480. The minimum Gasteiger partial charge on any atom is -0.508 e. The van der Waals surface area contributed by atoms with Crippen LogP contribution in [-0.4, -0.2) is 5.11 Å². The second kappa shape index (κ2) is 4.78. The zero-order valence-electron chi connectivity index (χ0n) is 8.51. The molecule has 78 valence electrons. The van der Waals surface area contributed by atoms with E-state index in [9.17, 15) is 0 Å². The van der Waals surface area contributed by atoms with Crippen LogP contribution in [-0.2, 0) is 0 Å². The number of aromatic hydroxyl groups is 1. The molecule has 0 unspecified atom stereocenters. The van der Waals surface area contributed by atoms with Gasteiger partial charge in [-0.3, -0.25) is 0 Å². The lowest BCUT2D eigenvalue weighted by molar-refractivity contribution is 0.475. The topological polar surface area (TPSA) is 20.2 Å². The predicted octanol–water partition coefficient (Wildman–Crippen LogP) is 3.08. The van der Waals surface area contributed by atoms with Crippen LogP contribution in [0.2, 0.25) is 0 Å². The first-order valence-corrected chi connectivity index (χ1v) is 5.29. The van der Waals surface area contributed by atoms with Gasteiger partial charge in [0.25, 0.3) is 0 Å². The van der Waals surface area contributed by atoms with Crippen LogP contribution >= 0.6 is 12.6 Å². The van der Waals surface area contributed by atoms with Crippen LogP contribution in [0.4, 0.5) is 0 Å². The molecule has 2 aromatic carbocycles. The minimum absolute atomic E-state index is 0.255. The first-order chi connectivity index (χ1) is 7.74. The highest BCUT2D eigenvalue weighted by Gasteiger charge is 1.89. The second-order valence-electron chi connectivity index (χ2n) is 3.34. The molecule has 0 amide bonds. The van der Waals surface area contributed by atoms with Crippen LogP contribution in [0.5, 0.6) is 5.75 Å². The fraction of sp³-hybridized carbons (Fsp3) is 0. The van der Waals surface area contributed by atoms with Gasteiger partial charge in [0, 0.05) is 16.0 Å². The molecular formula is C14H10OS. The number of phenols is 1. The average Bonchev–Trinajstić information content (AvgIpc) is 2.30. The normalized spacial score (nSPS) is 9.31. The summed E-state index contributed by atoms with van der Waals surface area (Å²) in [5.74, 6) is 6.32. The largest absolute Gasteiger partial charge is 0.508 e. The molecule has 0 aliphatic heterocycles. The molecule has 0 fully saturated rings. The quantitative estimate of drug-likeness (QED) is 0.522. The van der Waals surface area contributed by atoms with Crippen LogP contribution in [0.3, 0.4) is 0 Å². The number of benzene rings is 2. The number of hydrogen-bond acceptors (Lipinski definition) is 2. The summed E-state index contributed by atoms with van der Waals surface area (Å²) in [5.41, 5.74) is 1.83. The van der Waals surface area contributed by atoms with Crippen molar-refractivity contribution in [2.45, 2.75) is 4.90 Å². The highest BCUT2D eigenvalue weighted by atomic mass is 32.1. The maximum atomic E-state index is 9.12. The summed E-state index contributed by atoms with van der Waals surface area (Å²) in [5, 5.41) is 9.12. The molecule has 0 atom stereocenters. The first-order valence-electron chi connectivity index (χ1n) is 4.84. The lowest BCUT2D eigenvalue weighted by Gasteiger charge is -1.92. The Hall–Kier alpha value is -1.85. The summed E-state index contributed by atoms with van der Waals surface area (Å²) in [6.07, 6.45) is 0. The number of phenolic OH excluding ortho intramolecular Hbond substituents is 1. The molecule has 0 bridgehead atoms. The van der Waals surface area contributed by atoms with Crippen molar-refractivity contribution in [1.82, 2.24) is 0 Å². The van der Waals surface area contributed by atoms with E-state index in [1.807, 2.05) is 24.3 Å². The SMILES string of the molecule is Oc1ccc(C#Cc2ccc(S)cc2)cc1. The number of thiol groups is 1. The van der Waals surface area contributed by atoms with Crippen molar-refractivity contribution in [2.24, 2.45) is 0 Å². The highest BCUT2D eigenvalue weighted by molar-refractivity contribution is 7.80. The molecule has 0 aliphatic carbocycles. The molecule has 2 heteroatoms. The van der Waals surface area contributed by atoms with E-state index < -0.39 is 0 Å². The Morgan fingerprint density at radius 3 is 1.69 bits per heavy atom. The van der Waals surface area contributed by atoms with E-state index in [1.54, 1.807) is 24.3 Å². The van der Waals surface area contributed by atoms with Gasteiger partial charge < -0.3 is 5.11 Å². The molecule has 0 aromatic heterocycles. The lowest BCUT2D eigenvalue weighted by atomic mass is 10.2. The standard InChI is InChI=1S/C14H10OS/c15-13-7-3-11(4-8-13)1-2-12-5-9-14(16)10-6-12/h3-10,15-16H. The number of rotatable bonds is 0. The fourth-order valence-corrected chi connectivity index (χ4v) is 1.38. The zero-order valence-corrected chi connectivity index (χ0v) is 9.41. The Kier molecular flexibility index (Phi) is 3.19. The summed E-state index contributed by atoms with van der Waals surface area (Å²) in [4.78, 5) is 0.926. The molecule has 0 heterocycles. The average molecular weight is 226 g/mol. The molecule has 1 N–H and O–H groups in total. The third-order valence-electron chi connectivity index (χ3n) is 2.09. The fourth-order valence-electron chi connectivity index (χ4n) is 1.23. The Morgan fingerprint density at radius 2 is 1.19 bits per heavy atom. The monoisotopic (exact) mass is 226 g/mol. The zero-order chi connectivity index (χ0) is 11.4. The Balaban J connectivity index is 2.21. The van der Waals surface area contributed by atoms with Crippen molar-refractivity contribution in [3.05, 3.63) is 59.7 Å². The van der Waals surface area contributed by atoms with Gasteiger partial charge in [-0.1, -0.05) is 11.8 Å². The third-order valence-corrected chi connectivity index (χ3v) is 2.38. The predicted molar refractivity (Wildman–Crippen MR) is 67.8 cm³/mol. The van der Waals surface area contributed by atoms with Crippen LogP contribution in [0, 0.1) is 11.8 Å². The second-order valence-corrected chi connectivity index (χ2v) is 3.86. The van der Waals surface area contributed by atoms with E-state index in [-0.39, 0.29) is 5.75 Å². The van der Waals surface area contributed by atoms with Crippen LogP contribution in [0.1, 0.15) is 11.1 Å². The molecule has 0 saturated carbocycles. The van der Waals surface area contributed by atoms with Gasteiger partial charge in [0.15, 0.2) is 0 Å². The lowest BCUT2D eigenvalue weighted by Crippen LogP contribution is -1.75. The summed E-state index contributed by atoms with van der Waals surface area (Å²) in [6.45, 7) is 0. The summed E-state index contributed by atoms with van der Waals surface area (Å²) in [7, 11) is 0. The van der Waals surface area contributed by atoms with Crippen molar-refractivity contribution < 1.29 is 5.11 Å². The van der Waals surface area contributed by atoms with Crippen molar-refractivity contribution in [3.63, 3.8) is 0 Å². The molecule has 0 radical (unpaired) electrons. The molecular weight excluding hydrogens is 216 g/mol.